The minimum atomic E-state index is 0.113. The van der Waals surface area contributed by atoms with Gasteiger partial charge in [0.15, 0.2) is 0 Å². The molecule has 0 unspecified atom stereocenters. The summed E-state index contributed by atoms with van der Waals surface area (Å²) >= 11 is 7.82. The van der Waals surface area contributed by atoms with Gasteiger partial charge in [-0.3, -0.25) is 0 Å². The summed E-state index contributed by atoms with van der Waals surface area (Å²) in [5.74, 6) is 1.36. The maximum atomic E-state index is 11.1. The molecule has 0 radical (unpaired) electrons. The van der Waals surface area contributed by atoms with Crippen LogP contribution in [0.15, 0.2) is 24.5 Å². The highest BCUT2D eigenvalue weighted by atomic mass is 35.5. The number of ketones is 1. The third-order valence-electron chi connectivity index (χ3n) is 3.68. The third kappa shape index (κ3) is 5.08. The number of aromatic nitrogens is 3. The average molecular weight is 422 g/mol. The molecule has 0 N–H and O–H groups in total. The average Bonchev–Trinajstić information content (AvgIpc) is 3.07. The van der Waals surface area contributed by atoms with Gasteiger partial charge in [-0.25, -0.2) is 15.0 Å². The predicted octanol–water partition coefficient (Wildman–Crippen LogP) is 4.92. The Hall–Kier alpha value is -2.45. The molecule has 0 fully saturated rings. The molecular formula is C19H20ClN3O4S. The fraction of sp³-hybridized carbons (Fsp3) is 0.368. The number of Topliss-reactive ketones (excluding diaryl/α,β-unsaturated/α-hetero) is 1. The molecule has 0 aliphatic heterocycles. The second-order valence-electron chi connectivity index (χ2n) is 6.26. The van der Waals surface area contributed by atoms with Gasteiger partial charge in [-0.15, -0.1) is 0 Å². The van der Waals surface area contributed by atoms with E-state index in [1.807, 2.05) is 19.9 Å². The number of carbonyl (C=O) groups excluding carboxylic acids is 1. The van der Waals surface area contributed by atoms with E-state index in [1.165, 1.54) is 23.7 Å². The quantitative estimate of drug-likeness (QED) is 0.484. The summed E-state index contributed by atoms with van der Waals surface area (Å²) in [6.07, 6.45) is 3.41. The minimum absolute atomic E-state index is 0.113. The molecule has 2 heterocycles. The van der Waals surface area contributed by atoms with E-state index in [2.05, 4.69) is 15.0 Å². The Balaban J connectivity index is 1.66. The van der Waals surface area contributed by atoms with E-state index in [1.54, 1.807) is 13.0 Å². The summed E-state index contributed by atoms with van der Waals surface area (Å²) in [7, 11) is 0. The van der Waals surface area contributed by atoms with Crippen LogP contribution in [0.2, 0.25) is 5.02 Å². The zero-order valence-corrected chi connectivity index (χ0v) is 17.3. The van der Waals surface area contributed by atoms with Crippen molar-refractivity contribution in [3.8, 4) is 22.7 Å². The van der Waals surface area contributed by atoms with Gasteiger partial charge in [0.25, 0.3) is 5.19 Å². The fourth-order valence-corrected chi connectivity index (χ4v) is 3.72. The van der Waals surface area contributed by atoms with E-state index in [0.717, 1.165) is 10.2 Å². The Morgan fingerprint density at radius 1 is 1.21 bits per heavy atom. The molecule has 0 aliphatic carbocycles. The highest BCUT2D eigenvalue weighted by molar-refractivity contribution is 7.20. The molecule has 0 aliphatic rings. The zero-order chi connectivity index (χ0) is 20.1. The van der Waals surface area contributed by atoms with Crippen molar-refractivity contribution in [1.29, 1.82) is 0 Å². The lowest BCUT2D eigenvalue weighted by Gasteiger charge is -2.11. The largest absolute Gasteiger partial charge is 0.476 e. The van der Waals surface area contributed by atoms with Crippen molar-refractivity contribution < 1.29 is 19.0 Å². The summed E-state index contributed by atoms with van der Waals surface area (Å²) < 4.78 is 17.5. The van der Waals surface area contributed by atoms with Gasteiger partial charge in [0.1, 0.15) is 16.6 Å². The van der Waals surface area contributed by atoms with E-state index in [9.17, 15) is 4.79 Å². The number of halogens is 1. The van der Waals surface area contributed by atoms with Gasteiger partial charge in [0.2, 0.25) is 11.8 Å². The number of carbonyl (C=O) groups is 1. The summed E-state index contributed by atoms with van der Waals surface area (Å²) in [5.41, 5.74) is 0.750. The molecule has 1 atom stereocenters. The maximum Gasteiger partial charge on any atom is 0.274 e. The van der Waals surface area contributed by atoms with E-state index in [4.69, 9.17) is 25.8 Å². The molecule has 28 heavy (non-hydrogen) atoms. The van der Waals surface area contributed by atoms with Gasteiger partial charge in [0.05, 0.1) is 35.8 Å². The minimum Gasteiger partial charge on any atom is -0.476 e. The number of rotatable bonds is 9. The van der Waals surface area contributed by atoms with Crippen LogP contribution in [0.3, 0.4) is 0 Å². The monoisotopic (exact) mass is 421 g/mol. The number of thiazole rings is 1. The number of nitrogens with zero attached hydrogens (tertiary/aromatic N) is 3. The number of hydrogen-bond acceptors (Lipinski definition) is 8. The fourth-order valence-electron chi connectivity index (χ4n) is 2.51. The Morgan fingerprint density at radius 2 is 1.96 bits per heavy atom. The molecule has 2 aromatic heterocycles. The molecule has 3 aromatic rings. The Bertz CT molecular complexity index is 962. The van der Waals surface area contributed by atoms with Crippen LogP contribution in [0.5, 0.6) is 22.7 Å². The van der Waals surface area contributed by atoms with Crippen LogP contribution in [-0.4, -0.2) is 33.9 Å². The molecule has 0 saturated heterocycles. The van der Waals surface area contributed by atoms with Crippen molar-refractivity contribution in [2.24, 2.45) is 5.92 Å². The smallest absolute Gasteiger partial charge is 0.274 e. The van der Waals surface area contributed by atoms with Gasteiger partial charge in [-0.2, -0.15) is 0 Å². The van der Waals surface area contributed by atoms with E-state index in [0.29, 0.717) is 47.4 Å². The molecule has 0 amide bonds. The molecular weight excluding hydrogens is 402 g/mol. The van der Waals surface area contributed by atoms with Crippen molar-refractivity contribution in [3.05, 3.63) is 29.5 Å². The second-order valence-corrected chi connectivity index (χ2v) is 7.60. The highest BCUT2D eigenvalue weighted by Gasteiger charge is 2.14. The molecule has 0 bridgehead atoms. The Labute approximate surface area is 171 Å². The maximum absolute atomic E-state index is 11.1. The van der Waals surface area contributed by atoms with Crippen LogP contribution in [-0.2, 0) is 4.79 Å². The van der Waals surface area contributed by atoms with Crippen LogP contribution < -0.4 is 14.2 Å². The number of ether oxygens (including phenoxy) is 3. The molecule has 148 valence electrons. The lowest BCUT2D eigenvalue weighted by atomic mass is 10.1. The number of benzene rings is 1. The summed E-state index contributed by atoms with van der Waals surface area (Å²) in [6, 6.07) is 3.55. The molecule has 3 rings (SSSR count). The Morgan fingerprint density at radius 3 is 2.64 bits per heavy atom. The first-order valence-corrected chi connectivity index (χ1v) is 9.99. The third-order valence-corrected chi connectivity index (χ3v) is 5.17. The zero-order valence-electron chi connectivity index (χ0n) is 15.8. The van der Waals surface area contributed by atoms with Crippen LogP contribution in [0.1, 0.15) is 27.2 Å². The molecule has 7 nitrogen and oxygen atoms in total. The summed E-state index contributed by atoms with van der Waals surface area (Å²) in [6.45, 7) is 6.34. The van der Waals surface area contributed by atoms with Gasteiger partial charge < -0.3 is 19.0 Å². The van der Waals surface area contributed by atoms with Crippen LogP contribution >= 0.6 is 22.9 Å². The van der Waals surface area contributed by atoms with Crippen molar-refractivity contribution in [2.45, 2.75) is 27.2 Å². The summed E-state index contributed by atoms with van der Waals surface area (Å²) in [5, 5.41) is 1.01. The van der Waals surface area contributed by atoms with Crippen molar-refractivity contribution in [3.63, 3.8) is 0 Å². The number of fused-ring (bicyclic) bond motifs is 1. The van der Waals surface area contributed by atoms with Gasteiger partial charge in [-0.1, -0.05) is 29.9 Å². The SMILES string of the molecule is CCOc1nc2ccc(Oc3cnc(OC[C@H](C)CC(C)=O)cn3)c(Cl)c2s1. The highest BCUT2D eigenvalue weighted by Crippen LogP contribution is 2.40. The van der Waals surface area contributed by atoms with Gasteiger partial charge in [0, 0.05) is 6.42 Å². The molecule has 0 spiro atoms. The van der Waals surface area contributed by atoms with E-state index in [-0.39, 0.29) is 11.7 Å². The standard InChI is InChI=1S/C19H20ClN3O4S/c1-4-25-19-23-13-5-6-14(17(20)18(13)28-19)27-16-9-21-15(8-22-16)26-10-11(2)7-12(3)24/h5-6,8-9,11H,4,7,10H2,1-3H3/t11-/m1/s1. The first kappa shape index (κ1) is 20.3. The topological polar surface area (TPSA) is 83.4 Å². The van der Waals surface area contributed by atoms with Gasteiger partial charge >= 0.3 is 0 Å². The van der Waals surface area contributed by atoms with Crippen molar-refractivity contribution in [2.75, 3.05) is 13.2 Å². The van der Waals surface area contributed by atoms with Crippen LogP contribution in [0.25, 0.3) is 10.2 Å². The first-order valence-electron chi connectivity index (χ1n) is 8.80. The van der Waals surface area contributed by atoms with E-state index < -0.39 is 0 Å². The van der Waals surface area contributed by atoms with Crippen LogP contribution in [0, 0.1) is 5.92 Å². The first-order chi connectivity index (χ1) is 13.5. The molecule has 9 heteroatoms. The Kier molecular flexibility index (Phi) is 6.64. The summed E-state index contributed by atoms with van der Waals surface area (Å²) in [4.78, 5) is 23.8. The second kappa shape index (κ2) is 9.16. The lowest BCUT2D eigenvalue weighted by Crippen LogP contribution is -2.12. The van der Waals surface area contributed by atoms with Crippen LogP contribution in [0.4, 0.5) is 0 Å². The van der Waals surface area contributed by atoms with Gasteiger partial charge in [-0.05, 0) is 31.9 Å². The normalized spacial score (nSPS) is 12.0. The molecule has 0 saturated carbocycles. The van der Waals surface area contributed by atoms with Crippen molar-refractivity contribution in [1.82, 2.24) is 15.0 Å². The molecule has 1 aromatic carbocycles. The number of hydrogen-bond donors (Lipinski definition) is 0. The van der Waals surface area contributed by atoms with Crippen molar-refractivity contribution >= 4 is 38.9 Å². The lowest BCUT2D eigenvalue weighted by molar-refractivity contribution is -0.118. The predicted molar refractivity (Wildman–Crippen MR) is 108 cm³/mol. The van der Waals surface area contributed by atoms with E-state index >= 15 is 0 Å².